The molecule has 0 aliphatic rings. The number of aromatic nitrogens is 6. The molecule has 0 aliphatic carbocycles. The van der Waals surface area contributed by atoms with E-state index in [1.54, 1.807) is 6.92 Å². The molecule has 0 radical (unpaired) electrons. The number of nitrogens with zero attached hydrogens (tertiary/aromatic N) is 4. The summed E-state index contributed by atoms with van der Waals surface area (Å²) in [5.74, 6) is 0.104. The molecule has 0 fully saturated rings. The number of hydrogen-bond acceptors (Lipinski definition) is 8. The molecule has 10 nitrogen and oxygen atoms in total. The molecule has 10 heteroatoms. The highest BCUT2D eigenvalue weighted by Gasteiger charge is 2.20. The van der Waals surface area contributed by atoms with Crippen LogP contribution in [0.2, 0.25) is 0 Å². The molecule has 2 N–H and O–H groups in total. The van der Waals surface area contributed by atoms with Gasteiger partial charge < -0.3 is 9.47 Å². The van der Waals surface area contributed by atoms with E-state index in [2.05, 4.69) is 30.4 Å². The van der Waals surface area contributed by atoms with Crippen molar-refractivity contribution in [3.8, 4) is 22.8 Å². The van der Waals surface area contributed by atoms with Crippen LogP contribution in [0.3, 0.4) is 0 Å². The Morgan fingerprint density at radius 3 is 1.97 bits per heavy atom. The van der Waals surface area contributed by atoms with Crippen LogP contribution in [0.5, 0.6) is 0 Å². The van der Waals surface area contributed by atoms with Crippen molar-refractivity contribution >= 4 is 11.8 Å². The molecule has 1 atom stereocenters. The molecule has 0 bridgehead atoms. The third-order valence-corrected chi connectivity index (χ3v) is 4.72. The van der Waals surface area contributed by atoms with Gasteiger partial charge in [0.2, 0.25) is 11.6 Å². The molecule has 0 spiro atoms. The molecule has 0 amide bonds. The highest BCUT2D eigenvalue weighted by Crippen LogP contribution is 2.15. The molecule has 2 aromatic heterocycles. The predicted molar refractivity (Wildman–Crippen MR) is 118 cm³/mol. The molecular formula is C23H22N6O4. The van der Waals surface area contributed by atoms with E-state index in [1.807, 2.05) is 60.7 Å². The maximum atomic E-state index is 12.5. The minimum Gasteiger partial charge on any atom is -0.460 e. The highest BCUT2D eigenvalue weighted by molar-refractivity contribution is 5.96. The average Bonchev–Trinajstić information content (AvgIpc) is 3.55. The van der Waals surface area contributed by atoms with Crippen molar-refractivity contribution in [3.63, 3.8) is 0 Å². The van der Waals surface area contributed by atoms with Gasteiger partial charge >= 0.3 is 5.97 Å². The fraction of sp³-hybridized carbons (Fsp3) is 0.217. The van der Waals surface area contributed by atoms with Gasteiger partial charge in [-0.15, -0.1) is 0 Å². The molecule has 1 unspecified atom stereocenters. The second-order valence-electron chi connectivity index (χ2n) is 7.11. The van der Waals surface area contributed by atoms with E-state index in [0.29, 0.717) is 18.1 Å². The Labute approximate surface area is 189 Å². The van der Waals surface area contributed by atoms with Gasteiger partial charge in [-0.1, -0.05) is 60.7 Å². The molecule has 0 saturated heterocycles. The fourth-order valence-electron chi connectivity index (χ4n) is 2.98. The Morgan fingerprint density at radius 2 is 1.36 bits per heavy atom. The van der Waals surface area contributed by atoms with Gasteiger partial charge in [-0.25, -0.2) is 14.8 Å². The van der Waals surface area contributed by atoms with E-state index in [0.717, 1.165) is 11.1 Å². The Bertz CT molecular complexity index is 1210. The van der Waals surface area contributed by atoms with Gasteiger partial charge in [0.25, 0.3) is 0 Å². The summed E-state index contributed by atoms with van der Waals surface area (Å²) in [5, 5.41) is 13.4. The molecule has 4 rings (SSSR count). The summed E-state index contributed by atoms with van der Waals surface area (Å²) >= 11 is 0. The van der Waals surface area contributed by atoms with Gasteiger partial charge in [0.15, 0.2) is 17.5 Å². The standard InChI is InChI=1S/C23H22N6O4/c1-15(18(30)21-24-19(26-28-21)16-9-4-2-5-10-16)32-13-8-14-33-23(31)22-25-20(27-29-22)17-11-6-3-7-12-17/h2-7,9-12,15H,8,13-14H2,1H3,(H,24,26,28)(H,25,27,29). The summed E-state index contributed by atoms with van der Waals surface area (Å²) in [4.78, 5) is 33.0. The van der Waals surface area contributed by atoms with Crippen molar-refractivity contribution < 1.29 is 19.1 Å². The van der Waals surface area contributed by atoms with E-state index in [9.17, 15) is 9.59 Å². The zero-order valence-corrected chi connectivity index (χ0v) is 17.9. The van der Waals surface area contributed by atoms with Gasteiger partial charge in [0.05, 0.1) is 13.2 Å². The number of benzene rings is 2. The summed E-state index contributed by atoms with van der Waals surface area (Å²) in [6.45, 7) is 1.98. The third kappa shape index (κ3) is 5.55. The topological polar surface area (TPSA) is 136 Å². The minimum atomic E-state index is -0.722. The summed E-state index contributed by atoms with van der Waals surface area (Å²) in [7, 11) is 0. The quantitative estimate of drug-likeness (QED) is 0.215. The Morgan fingerprint density at radius 1 is 0.818 bits per heavy atom. The van der Waals surface area contributed by atoms with Crippen LogP contribution < -0.4 is 0 Å². The van der Waals surface area contributed by atoms with Crippen molar-refractivity contribution in [2.75, 3.05) is 13.2 Å². The van der Waals surface area contributed by atoms with Crippen molar-refractivity contribution in [1.82, 2.24) is 30.4 Å². The zero-order valence-electron chi connectivity index (χ0n) is 17.9. The lowest BCUT2D eigenvalue weighted by molar-refractivity contribution is 0.0305. The third-order valence-electron chi connectivity index (χ3n) is 4.72. The number of ether oxygens (including phenoxy) is 2. The van der Waals surface area contributed by atoms with Gasteiger partial charge in [-0.05, 0) is 6.92 Å². The van der Waals surface area contributed by atoms with Crippen molar-refractivity contribution in [2.24, 2.45) is 0 Å². The fourth-order valence-corrected chi connectivity index (χ4v) is 2.98. The number of rotatable bonds is 10. The maximum Gasteiger partial charge on any atom is 0.375 e. The molecule has 168 valence electrons. The number of nitrogens with one attached hydrogen (secondary N) is 2. The van der Waals surface area contributed by atoms with Crippen LogP contribution in [-0.2, 0) is 9.47 Å². The summed E-state index contributed by atoms with van der Waals surface area (Å²) in [6.07, 6.45) is -0.311. The largest absolute Gasteiger partial charge is 0.460 e. The molecule has 2 heterocycles. The number of carbonyl (C=O) groups is 2. The second-order valence-corrected chi connectivity index (χ2v) is 7.11. The number of carbonyl (C=O) groups excluding carboxylic acids is 2. The summed E-state index contributed by atoms with van der Waals surface area (Å²) in [6, 6.07) is 18.7. The Balaban J connectivity index is 1.19. The smallest absolute Gasteiger partial charge is 0.375 e. The number of hydrogen-bond donors (Lipinski definition) is 2. The Kier molecular flexibility index (Phi) is 6.96. The Hall–Kier alpha value is -4.18. The first-order valence-electron chi connectivity index (χ1n) is 10.4. The lowest BCUT2D eigenvalue weighted by Crippen LogP contribution is -2.23. The van der Waals surface area contributed by atoms with Crippen LogP contribution >= 0.6 is 0 Å². The molecule has 4 aromatic rings. The van der Waals surface area contributed by atoms with Crippen LogP contribution in [0.15, 0.2) is 60.7 Å². The monoisotopic (exact) mass is 446 g/mol. The predicted octanol–water partition coefficient (Wildman–Crippen LogP) is 3.09. The number of Topliss-reactive ketones (excluding diaryl/α,β-unsaturated/α-hetero) is 1. The zero-order chi connectivity index (χ0) is 23.0. The SMILES string of the molecule is CC(OCCCOC(=O)c1nc(-c2ccccc2)n[nH]1)C(=O)c1nc(-c2ccccc2)n[nH]1. The normalized spacial score (nSPS) is 11.8. The van der Waals surface area contributed by atoms with E-state index in [1.165, 1.54) is 0 Å². The van der Waals surface area contributed by atoms with Crippen LogP contribution in [0.4, 0.5) is 0 Å². The lowest BCUT2D eigenvalue weighted by Gasteiger charge is -2.10. The van der Waals surface area contributed by atoms with Gasteiger partial charge in [-0.2, -0.15) is 10.2 Å². The molecule has 33 heavy (non-hydrogen) atoms. The number of H-pyrrole nitrogens is 2. The van der Waals surface area contributed by atoms with E-state index >= 15 is 0 Å². The molecule has 0 aliphatic heterocycles. The second kappa shape index (κ2) is 10.4. The number of aromatic amines is 2. The van der Waals surface area contributed by atoms with Crippen molar-refractivity contribution in [3.05, 3.63) is 72.3 Å². The van der Waals surface area contributed by atoms with E-state index in [4.69, 9.17) is 9.47 Å². The summed E-state index contributed by atoms with van der Waals surface area (Å²) in [5.41, 5.74) is 1.60. The first kappa shape index (κ1) is 22.0. The van der Waals surface area contributed by atoms with Crippen molar-refractivity contribution in [2.45, 2.75) is 19.4 Å². The van der Waals surface area contributed by atoms with Crippen LogP contribution in [0, 0.1) is 0 Å². The maximum absolute atomic E-state index is 12.5. The van der Waals surface area contributed by atoms with E-state index in [-0.39, 0.29) is 30.6 Å². The molecule has 2 aromatic carbocycles. The molecule has 0 saturated carbocycles. The van der Waals surface area contributed by atoms with Crippen molar-refractivity contribution in [1.29, 1.82) is 0 Å². The number of ketones is 1. The minimum absolute atomic E-state index is 0.0258. The summed E-state index contributed by atoms with van der Waals surface area (Å²) < 4.78 is 10.7. The average molecular weight is 446 g/mol. The molecular weight excluding hydrogens is 424 g/mol. The van der Waals surface area contributed by atoms with Gasteiger partial charge in [-0.3, -0.25) is 15.0 Å². The lowest BCUT2D eigenvalue weighted by atomic mass is 10.2. The van der Waals surface area contributed by atoms with Crippen LogP contribution in [-0.4, -0.2) is 61.4 Å². The first-order chi connectivity index (χ1) is 16.1. The van der Waals surface area contributed by atoms with Gasteiger partial charge in [0.1, 0.15) is 6.10 Å². The van der Waals surface area contributed by atoms with Crippen LogP contribution in [0.25, 0.3) is 22.8 Å². The van der Waals surface area contributed by atoms with Gasteiger partial charge in [0, 0.05) is 17.5 Å². The van der Waals surface area contributed by atoms with E-state index < -0.39 is 12.1 Å². The highest BCUT2D eigenvalue weighted by atomic mass is 16.5. The first-order valence-corrected chi connectivity index (χ1v) is 10.4. The number of esters is 1. The van der Waals surface area contributed by atoms with Crippen LogP contribution in [0.1, 0.15) is 34.6 Å².